The summed E-state index contributed by atoms with van der Waals surface area (Å²) in [7, 11) is 0. The molecule has 0 radical (unpaired) electrons. The zero-order chi connectivity index (χ0) is 14.5. The van der Waals surface area contributed by atoms with E-state index in [1.54, 1.807) is 11.0 Å². The van der Waals surface area contributed by atoms with Gasteiger partial charge in [-0.05, 0) is 25.9 Å². The van der Waals surface area contributed by atoms with Gasteiger partial charge in [0.05, 0.1) is 31.8 Å². The third kappa shape index (κ3) is 3.79. The van der Waals surface area contributed by atoms with Gasteiger partial charge in [-0.1, -0.05) is 6.42 Å². The molecule has 3 rings (SSSR count). The zero-order valence-electron chi connectivity index (χ0n) is 12.3. The largest absolute Gasteiger partial charge is 0.378 e. The topological polar surface area (TPSA) is 72.3 Å². The van der Waals surface area contributed by atoms with Crippen molar-refractivity contribution in [2.45, 2.75) is 44.3 Å². The minimum absolute atomic E-state index is 0.0583. The van der Waals surface area contributed by atoms with Gasteiger partial charge in [-0.25, -0.2) is 4.98 Å². The van der Waals surface area contributed by atoms with Crippen molar-refractivity contribution in [1.82, 2.24) is 25.0 Å². The first-order chi connectivity index (χ1) is 10.3. The van der Waals surface area contributed by atoms with Crippen LogP contribution in [-0.2, 0) is 16.1 Å². The van der Waals surface area contributed by atoms with Crippen molar-refractivity contribution in [2.24, 2.45) is 0 Å². The van der Waals surface area contributed by atoms with Gasteiger partial charge in [0.25, 0.3) is 0 Å². The maximum atomic E-state index is 12.1. The fourth-order valence-electron chi connectivity index (χ4n) is 3.13. The van der Waals surface area contributed by atoms with E-state index in [0.717, 1.165) is 19.7 Å². The first-order valence-corrected chi connectivity index (χ1v) is 7.76. The van der Waals surface area contributed by atoms with Crippen LogP contribution >= 0.6 is 0 Å². The number of nitrogens with one attached hydrogen (secondary N) is 1. The standard InChI is InChI=1S/C14H23N5O2/c20-14(4-7-19-11-15-10-16-19)17-12-8-21-9-13(12)18-5-2-1-3-6-18/h10-13H,1-9H2,(H,17,20)/t12-,13-/m0/s1. The molecule has 2 saturated heterocycles. The Morgan fingerprint density at radius 1 is 1.29 bits per heavy atom. The summed E-state index contributed by atoms with van der Waals surface area (Å²) in [4.78, 5) is 18.4. The third-order valence-corrected chi connectivity index (χ3v) is 4.29. The molecule has 1 amide bonds. The van der Waals surface area contributed by atoms with Gasteiger partial charge < -0.3 is 10.1 Å². The molecule has 2 fully saturated rings. The molecular formula is C14H23N5O2. The third-order valence-electron chi connectivity index (χ3n) is 4.29. The summed E-state index contributed by atoms with van der Waals surface area (Å²) in [6, 6.07) is 0.451. The lowest BCUT2D eigenvalue weighted by Crippen LogP contribution is -2.52. The lowest BCUT2D eigenvalue weighted by molar-refractivity contribution is -0.122. The number of carbonyl (C=O) groups is 1. The molecule has 116 valence electrons. The number of likely N-dealkylation sites (tertiary alicyclic amines) is 1. The van der Waals surface area contributed by atoms with Gasteiger partial charge >= 0.3 is 0 Å². The predicted octanol–water partition coefficient (Wildman–Crippen LogP) is 0.0377. The highest BCUT2D eigenvalue weighted by molar-refractivity contribution is 5.76. The molecule has 0 spiro atoms. The van der Waals surface area contributed by atoms with Crippen LogP contribution in [0, 0.1) is 0 Å². The molecule has 2 aliphatic rings. The van der Waals surface area contributed by atoms with Gasteiger partial charge in [-0.2, -0.15) is 5.10 Å². The van der Waals surface area contributed by atoms with E-state index in [9.17, 15) is 4.79 Å². The minimum Gasteiger partial charge on any atom is -0.378 e. The van der Waals surface area contributed by atoms with Crippen molar-refractivity contribution in [3.8, 4) is 0 Å². The van der Waals surface area contributed by atoms with Crippen LogP contribution in [0.4, 0.5) is 0 Å². The smallest absolute Gasteiger partial charge is 0.222 e. The SMILES string of the molecule is O=C(CCn1cncn1)N[C@H]1COC[C@@H]1N1CCCCC1. The fourth-order valence-corrected chi connectivity index (χ4v) is 3.13. The molecule has 7 heteroatoms. The summed E-state index contributed by atoms with van der Waals surface area (Å²) in [6.45, 7) is 4.16. The average molecular weight is 293 g/mol. The average Bonchev–Trinajstić information content (AvgIpc) is 3.17. The van der Waals surface area contributed by atoms with Crippen molar-refractivity contribution in [2.75, 3.05) is 26.3 Å². The quantitative estimate of drug-likeness (QED) is 0.830. The molecule has 1 aromatic heterocycles. The van der Waals surface area contributed by atoms with E-state index in [0.29, 0.717) is 25.6 Å². The van der Waals surface area contributed by atoms with Gasteiger partial charge in [-0.15, -0.1) is 0 Å². The summed E-state index contributed by atoms with van der Waals surface area (Å²) in [6.07, 6.45) is 7.36. The van der Waals surface area contributed by atoms with Crippen LogP contribution in [0.5, 0.6) is 0 Å². The molecule has 1 aromatic rings. The van der Waals surface area contributed by atoms with Crippen molar-refractivity contribution in [3.05, 3.63) is 12.7 Å². The van der Waals surface area contributed by atoms with E-state index in [-0.39, 0.29) is 11.9 Å². The Morgan fingerprint density at radius 3 is 2.90 bits per heavy atom. The van der Waals surface area contributed by atoms with E-state index in [1.165, 1.54) is 25.6 Å². The van der Waals surface area contributed by atoms with Gasteiger partial charge in [-0.3, -0.25) is 14.4 Å². The molecule has 2 aliphatic heterocycles. The molecule has 0 aliphatic carbocycles. The van der Waals surface area contributed by atoms with E-state index in [2.05, 4.69) is 20.3 Å². The molecule has 2 atom stereocenters. The summed E-state index contributed by atoms with van der Waals surface area (Å²) in [5.74, 6) is 0.0583. The minimum atomic E-state index is 0.0583. The van der Waals surface area contributed by atoms with Crippen molar-refractivity contribution in [3.63, 3.8) is 0 Å². The number of ether oxygens (including phenoxy) is 1. The highest BCUT2D eigenvalue weighted by Crippen LogP contribution is 2.19. The summed E-state index contributed by atoms with van der Waals surface area (Å²) >= 11 is 0. The van der Waals surface area contributed by atoms with Crippen LogP contribution in [0.1, 0.15) is 25.7 Å². The molecule has 0 saturated carbocycles. The number of nitrogens with zero attached hydrogens (tertiary/aromatic N) is 4. The lowest BCUT2D eigenvalue weighted by Gasteiger charge is -2.34. The summed E-state index contributed by atoms with van der Waals surface area (Å²) in [5.41, 5.74) is 0. The van der Waals surface area contributed by atoms with Crippen molar-refractivity contribution >= 4 is 5.91 Å². The van der Waals surface area contributed by atoms with Crippen LogP contribution in [0.25, 0.3) is 0 Å². The van der Waals surface area contributed by atoms with Gasteiger partial charge in [0.1, 0.15) is 12.7 Å². The Kier molecular flexibility index (Phi) is 4.82. The van der Waals surface area contributed by atoms with Gasteiger partial charge in [0, 0.05) is 6.42 Å². The zero-order valence-corrected chi connectivity index (χ0v) is 12.3. The second-order valence-electron chi connectivity index (χ2n) is 5.78. The number of hydrogen-bond donors (Lipinski definition) is 1. The molecular weight excluding hydrogens is 270 g/mol. The first kappa shape index (κ1) is 14.5. The number of piperidine rings is 1. The Hall–Kier alpha value is -1.47. The fraction of sp³-hybridized carbons (Fsp3) is 0.786. The molecule has 7 nitrogen and oxygen atoms in total. The van der Waals surface area contributed by atoms with Crippen LogP contribution in [0.3, 0.4) is 0 Å². The van der Waals surface area contributed by atoms with Gasteiger partial charge in [0.2, 0.25) is 5.91 Å². The predicted molar refractivity (Wildman–Crippen MR) is 76.6 cm³/mol. The van der Waals surface area contributed by atoms with Crippen LogP contribution in [0.2, 0.25) is 0 Å². The highest BCUT2D eigenvalue weighted by atomic mass is 16.5. The van der Waals surface area contributed by atoms with Crippen molar-refractivity contribution in [1.29, 1.82) is 0 Å². The summed E-state index contributed by atoms with van der Waals surface area (Å²) in [5, 5.41) is 7.12. The van der Waals surface area contributed by atoms with E-state index < -0.39 is 0 Å². The first-order valence-electron chi connectivity index (χ1n) is 7.76. The number of aryl methyl sites for hydroxylation is 1. The second-order valence-corrected chi connectivity index (χ2v) is 5.78. The maximum Gasteiger partial charge on any atom is 0.222 e. The van der Waals surface area contributed by atoms with E-state index in [4.69, 9.17) is 4.74 Å². The Morgan fingerprint density at radius 2 is 2.14 bits per heavy atom. The lowest BCUT2D eigenvalue weighted by atomic mass is 10.0. The molecule has 21 heavy (non-hydrogen) atoms. The number of hydrogen-bond acceptors (Lipinski definition) is 5. The highest BCUT2D eigenvalue weighted by Gasteiger charge is 2.34. The summed E-state index contributed by atoms with van der Waals surface area (Å²) < 4.78 is 7.26. The Labute approximate surface area is 124 Å². The Balaban J connectivity index is 1.47. The van der Waals surface area contributed by atoms with Crippen LogP contribution in [0.15, 0.2) is 12.7 Å². The number of carbonyl (C=O) groups excluding carboxylic acids is 1. The van der Waals surface area contributed by atoms with E-state index >= 15 is 0 Å². The van der Waals surface area contributed by atoms with Crippen LogP contribution in [-0.4, -0.2) is 64.0 Å². The Bertz CT molecular complexity index is 444. The molecule has 1 N–H and O–H groups in total. The normalized spacial score (nSPS) is 26.9. The second kappa shape index (κ2) is 7.00. The number of rotatable bonds is 5. The number of amides is 1. The molecule has 0 aromatic carbocycles. The van der Waals surface area contributed by atoms with E-state index in [1.807, 2.05) is 0 Å². The molecule has 0 bridgehead atoms. The van der Waals surface area contributed by atoms with Gasteiger partial charge in [0.15, 0.2) is 0 Å². The maximum absolute atomic E-state index is 12.1. The number of aromatic nitrogens is 3. The molecule has 0 unspecified atom stereocenters. The molecule has 3 heterocycles. The van der Waals surface area contributed by atoms with Crippen LogP contribution < -0.4 is 5.32 Å². The van der Waals surface area contributed by atoms with Crippen molar-refractivity contribution < 1.29 is 9.53 Å². The monoisotopic (exact) mass is 293 g/mol.